The van der Waals surface area contributed by atoms with Gasteiger partial charge in [-0.1, -0.05) is 381 Å². The Balaban J connectivity index is 5.13. The number of hydrogen-bond donors (Lipinski definition) is 3. The number of unbranched alkanes of at least 4 members (excludes halogenated alkanes) is 53. The first-order valence-electron chi connectivity index (χ1n) is 42.1. The second-order valence-electron chi connectivity index (χ2n) is 29.6. The summed E-state index contributed by atoms with van der Waals surface area (Å²) in [6, 6.07) is 0. The van der Waals surface area contributed by atoms with Gasteiger partial charge in [0.15, 0.2) is 12.2 Å². The Bertz CT molecular complexity index is 1910. The van der Waals surface area contributed by atoms with Crippen molar-refractivity contribution >= 4 is 39.5 Å². The molecule has 0 aliphatic rings. The third-order valence-electron chi connectivity index (χ3n) is 19.0. The van der Waals surface area contributed by atoms with Crippen LogP contribution in [0.3, 0.4) is 0 Å². The third-order valence-corrected chi connectivity index (χ3v) is 20.9. The first kappa shape index (κ1) is 98.1. The van der Waals surface area contributed by atoms with Crippen molar-refractivity contribution in [2.24, 2.45) is 5.92 Å². The molecule has 0 fully saturated rings. The summed E-state index contributed by atoms with van der Waals surface area (Å²) in [5, 5.41) is 10.6. The van der Waals surface area contributed by atoms with Crippen molar-refractivity contribution < 1.29 is 80.2 Å². The zero-order chi connectivity index (χ0) is 73.4. The molecule has 0 aromatic carbocycles. The van der Waals surface area contributed by atoms with Crippen LogP contribution >= 0.6 is 15.6 Å². The minimum absolute atomic E-state index is 0.107. The predicted molar refractivity (Wildman–Crippen MR) is 409 cm³/mol. The zero-order valence-electron chi connectivity index (χ0n) is 65.3. The molecule has 3 N–H and O–H groups in total. The van der Waals surface area contributed by atoms with Crippen molar-refractivity contribution in [1.29, 1.82) is 0 Å². The summed E-state index contributed by atoms with van der Waals surface area (Å²) >= 11 is 0. The topological polar surface area (TPSA) is 237 Å². The van der Waals surface area contributed by atoms with Crippen LogP contribution in [0.2, 0.25) is 0 Å². The van der Waals surface area contributed by atoms with E-state index < -0.39 is 97.5 Å². The average Bonchev–Trinajstić information content (AvgIpc) is 0.927. The van der Waals surface area contributed by atoms with E-state index in [1.165, 1.54) is 244 Å². The smallest absolute Gasteiger partial charge is 0.462 e. The van der Waals surface area contributed by atoms with Crippen molar-refractivity contribution in [2.45, 2.75) is 451 Å². The Morgan fingerprint density at radius 1 is 0.270 bits per heavy atom. The molecule has 17 nitrogen and oxygen atoms in total. The minimum Gasteiger partial charge on any atom is -0.462 e. The van der Waals surface area contributed by atoms with E-state index in [0.717, 1.165) is 109 Å². The summed E-state index contributed by atoms with van der Waals surface area (Å²) in [5.74, 6) is -1.29. The molecule has 100 heavy (non-hydrogen) atoms. The lowest BCUT2D eigenvalue weighted by molar-refractivity contribution is -0.161. The minimum atomic E-state index is -4.96. The van der Waals surface area contributed by atoms with Crippen LogP contribution in [-0.4, -0.2) is 96.7 Å². The van der Waals surface area contributed by atoms with Crippen LogP contribution in [0, 0.1) is 5.92 Å². The number of ether oxygens (including phenoxy) is 4. The number of phosphoric acid groups is 2. The highest BCUT2D eigenvalue weighted by Crippen LogP contribution is 2.45. The van der Waals surface area contributed by atoms with Gasteiger partial charge in [0.2, 0.25) is 0 Å². The molecule has 0 bridgehead atoms. The van der Waals surface area contributed by atoms with Crippen LogP contribution < -0.4 is 0 Å². The second kappa shape index (κ2) is 73.9. The summed E-state index contributed by atoms with van der Waals surface area (Å²) in [6.45, 7) is 7.31. The maximum atomic E-state index is 13.1. The van der Waals surface area contributed by atoms with E-state index in [4.69, 9.17) is 37.0 Å². The molecule has 594 valence electrons. The second-order valence-corrected chi connectivity index (χ2v) is 32.5. The maximum absolute atomic E-state index is 13.1. The van der Waals surface area contributed by atoms with Crippen LogP contribution in [0.5, 0.6) is 0 Å². The summed E-state index contributed by atoms with van der Waals surface area (Å²) in [7, 11) is -9.91. The number of aliphatic hydroxyl groups is 1. The molecule has 5 atom stereocenters. The lowest BCUT2D eigenvalue weighted by atomic mass is 10.0. The van der Waals surface area contributed by atoms with Crippen molar-refractivity contribution in [3.8, 4) is 0 Å². The van der Waals surface area contributed by atoms with Crippen LogP contribution in [0.4, 0.5) is 0 Å². The molecular weight excluding hydrogens is 1310 g/mol. The van der Waals surface area contributed by atoms with Gasteiger partial charge in [0.05, 0.1) is 26.4 Å². The Morgan fingerprint density at radius 3 is 0.680 bits per heavy atom. The number of carbonyl (C=O) groups is 4. The molecule has 0 aliphatic heterocycles. The number of rotatable bonds is 81. The molecule has 0 saturated heterocycles. The van der Waals surface area contributed by atoms with Gasteiger partial charge in [0.1, 0.15) is 19.3 Å². The van der Waals surface area contributed by atoms with Gasteiger partial charge < -0.3 is 33.8 Å². The summed E-state index contributed by atoms with van der Waals surface area (Å²) < 4.78 is 68.5. The zero-order valence-corrected chi connectivity index (χ0v) is 67.1. The molecule has 0 aliphatic carbocycles. The van der Waals surface area contributed by atoms with Gasteiger partial charge in [-0.05, 0) is 31.6 Å². The molecule has 0 rings (SSSR count). The molecule has 0 amide bonds. The van der Waals surface area contributed by atoms with Crippen LogP contribution in [0.1, 0.15) is 433 Å². The molecule has 0 aromatic rings. The molecule has 0 spiro atoms. The maximum Gasteiger partial charge on any atom is 0.472 e. The van der Waals surface area contributed by atoms with E-state index in [1.54, 1.807) is 0 Å². The monoisotopic (exact) mass is 1470 g/mol. The molecular formula is C81H158O17P2. The average molecular weight is 1470 g/mol. The van der Waals surface area contributed by atoms with Gasteiger partial charge in [-0.3, -0.25) is 37.3 Å². The Hall–Kier alpha value is -1.94. The van der Waals surface area contributed by atoms with Crippen molar-refractivity contribution in [3.05, 3.63) is 0 Å². The van der Waals surface area contributed by atoms with E-state index in [1.807, 2.05) is 0 Å². The number of phosphoric ester groups is 2. The van der Waals surface area contributed by atoms with Crippen molar-refractivity contribution in [2.75, 3.05) is 39.6 Å². The van der Waals surface area contributed by atoms with E-state index in [9.17, 15) is 43.2 Å². The summed E-state index contributed by atoms with van der Waals surface area (Å²) in [4.78, 5) is 72.8. The fourth-order valence-electron chi connectivity index (χ4n) is 12.6. The Labute approximate surface area is 613 Å². The summed E-state index contributed by atoms with van der Waals surface area (Å²) in [5.41, 5.74) is 0. The highest BCUT2D eigenvalue weighted by molar-refractivity contribution is 7.47. The van der Waals surface area contributed by atoms with Crippen LogP contribution in [0.15, 0.2) is 0 Å². The largest absolute Gasteiger partial charge is 0.472 e. The predicted octanol–water partition coefficient (Wildman–Crippen LogP) is 24.4. The molecule has 0 aromatic heterocycles. The normalized spacial score (nSPS) is 13.8. The van der Waals surface area contributed by atoms with Crippen LogP contribution in [0.25, 0.3) is 0 Å². The lowest BCUT2D eigenvalue weighted by Crippen LogP contribution is -2.30. The summed E-state index contributed by atoms with van der Waals surface area (Å²) in [6.07, 6.45) is 65.6. The fourth-order valence-corrected chi connectivity index (χ4v) is 14.2. The molecule has 2 unspecified atom stereocenters. The molecule has 0 saturated carbocycles. The number of hydrogen-bond acceptors (Lipinski definition) is 15. The molecule has 0 radical (unpaired) electrons. The van der Waals surface area contributed by atoms with Gasteiger partial charge in [0, 0.05) is 25.7 Å². The van der Waals surface area contributed by atoms with Gasteiger partial charge in [0.25, 0.3) is 0 Å². The van der Waals surface area contributed by atoms with Gasteiger partial charge in [-0.15, -0.1) is 0 Å². The van der Waals surface area contributed by atoms with E-state index in [0.29, 0.717) is 25.7 Å². The first-order valence-corrected chi connectivity index (χ1v) is 45.1. The number of esters is 4. The SMILES string of the molecule is CCCCCCCCCCCCCCCCCCCCCCCC(=O)OC[C@H](COP(=O)(O)OC[C@@H](O)COP(=O)(O)OC[C@@H](COC(=O)CCCCCCCCC)OC(=O)CCCCCCCCCCCCC)OC(=O)CCCCCCCCCCCCCCCCCCCCC(C)C. The molecule has 19 heteroatoms. The van der Waals surface area contributed by atoms with Gasteiger partial charge in [-0.25, -0.2) is 9.13 Å². The van der Waals surface area contributed by atoms with Gasteiger partial charge >= 0.3 is 39.5 Å². The molecule has 0 heterocycles. The lowest BCUT2D eigenvalue weighted by Gasteiger charge is -2.21. The highest BCUT2D eigenvalue weighted by atomic mass is 31.2. The Morgan fingerprint density at radius 2 is 0.460 bits per heavy atom. The quantitative estimate of drug-likeness (QED) is 0.0222. The fraction of sp³-hybridized carbons (Fsp3) is 0.951. The van der Waals surface area contributed by atoms with Gasteiger partial charge in [-0.2, -0.15) is 0 Å². The van der Waals surface area contributed by atoms with E-state index >= 15 is 0 Å². The van der Waals surface area contributed by atoms with E-state index in [2.05, 4.69) is 34.6 Å². The van der Waals surface area contributed by atoms with Crippen molar-refractivity contribution in [3.63, 3.8) is 0 Å². The highest BCUT2D eigenvalue weighted by Gasteiger charge is 2.30. The standard InChI is InChI=1S/C81H158O17P2/c1-6-9-12-15-18-20-22-23-24-25-26-27-28-32-35-38-42-45-50-55-60-65-79(84)92-71-77(98-81(86)67-62-57-52-47-43-39-36-33-30-29-31-34-37-41-44-49-53-58-63-74(4)5)73-96-100(89,90)94-69-75(82)68-93-99(87,88)95-72-76(70-91-78(83)64-59-54-48-17-14-11-8-3)97-80(85)66-61-56-51-46-40-21-19-16-13-10-7-2/h74-77,82H,6-73H2,1-5H3,(H,87,88)(H,89,90)/t75-,76+,77+/m0/s1. The number of aliphatic hydroxyl groups excluding tert-OH is 1. The number of carbonyl (C=O) groups excluding carboxylic acids is 4. The van der Waals surface area contributed by atoms with E-state index in [-0.39, 0.29) is 25.7 Å². The van der Waals surface area contributed by atoms with Crippen molar-refractivity contribution in [1.82, 2.24) is 0 Å². The third kappa shape index (κ3) is 74.3. The Kier molecular flexibility index (Phi) is 72.5. The van der Waals surface area contributed by atoms with Crippen LogP contribution in [-0.2, 0) is 65.4 Å². The first-order chi connectivity index (χ1) is 48.5.